The van der Waals surface area contributed by atoms with Gasteiger partial charge in [-0.3, -0.25) is 9.59 Å². The van der Waals surface area contributed by atoms with Crippen LogP contribution in [0, 0.1) is 0 Å². The molecule has 0 aliphatic carbocycles. The van der Waals surface area contributed by atoms with E-state index in [0.717, 1.165) is 21.3 Å². The highest BCUT2D eigenvalue weighted by Gasteiger charge is 2.09. The van der Waals surface area contributed by atoms with E-state index in [1.165, 1.54) is 6.07 Å². The number of carboxylic acids is 1. The Morgan fingerprint density at radius 2 is 1.81 bits per heavy atom. The van der Waals surface area contributed by atoms with E-state index in [1.54, 1.807) is 24.3 Å². The average molecular weight is 351 g/mol. The number of aromatic nitrogens is 1. The second-order valence-electron chi connectivity index (χ2n) is 4.24. The second-order valence-corrected chi connectivity index (χ2v) is 5.16. The van der Waals surface area contributed by atoms with E-state index in [2.05, 4.69) is 21.2 Å². The summed E-state index contributed by atoms with van der Waals surface area (Å²) in [5.74, 6) is -1.57. The summed E-state index contributed by atoms with van der Waals surface area (Å²) in [5, 5.41) is 11.5. The smallest absolute Gasteiger partial charge is 0.337 e. The van der Waals surface area contributed by atoms with Crippen LogP contribution in [0.3, 0.4) is 0 Å². The van der Waals surface area contributed by atoms with Gasteiger partial charge in [-0.25, -0.2) is 4.79 Å². The lowest BCUT2D eigenvalue weighted by Gasteiger charge is -2.08. The van der Waals surface area contributed by atoms with E-state index in [0.29, 0.717) is 5.69 Å². The molecule has 0 aliphatic heterocycles. The standard InChI is InChI=1S/C14H11BrN2O4/c15-10-2-4-11(5-3-10)16-12(18)8-17-7-9(14(20)21)1-6-13(17)19/h1-7H,8H2,(H,16,18)(H,20,21). The van der Waals surface area contributed by atoms with Gasteiger partial charge in [0.2, 0.25) is 5.91 Å². The highest BCUT2D eigenvalue weighted by atomic mass is 79.9. The molecule has 0 saturated heterocycles. The molecule has 6 nitrogen and oxygen atoms in total. The highest BCUT2D eigenvalue weighted by Crippen LogP contribution is 2.14. The molecule has 1 aromatic heterocycles. The molecule has 2 N–H and O–H groups in total. The number of nitrogens with one attached hydrogen (secondary N) is 1. The Hall–Kier alpha value is -2.41. The molecule has 2 rings (SSSR count). The van der Waals surface area contributed by atoms with Crippen molar-refractivity contribution in [3.05, 3.63) is 63.0 Å². The average Bonchev–Trinajstić information content (AvgIpc) is 2.43. The van der Waals surface area contributed by atoms with Gasteiger partial charge in [-0.15, -0.1) is 0 Å². The van der Waals surface area contributed by atoms with Crippen molar-refractivity contribution in [1.82, 2.24) is 4.57 Å². The molecule has 21 heavy (non-hydrogen) atoms. The summed E-state index contributed by atoms with van der Waals surface area (Å²) >= 11 is 3.28. The van der Waals surface area contributed by atoms with Crippen molar-refractivity contribution in [2.24, 2.45) is 0 Å². The van der Waals surface area contributed by atoms with E-state index in [9.17, 15) is 14.4 Å². The minimum absolute atomic E-state index is 0.0500. The number of hydrogen-bond donors (Lipinski definition) is 2. The molecular weight excluding hydrogens is 340 g/mol. The number of nitrogens with zero attached hydrogens (tertiary/aromatic N) is 1. The molecule has 0 unspecified atom stereocenters. The molecule has 0 aliphatic rings. The van der Waals surface area contributed by atoms with Crippen molar-refractivity contribution in [3.8, 4) is 0 Å². The van der Waals surface area contributed by atoms with Gasteiger partial charge in [-0.1, -0.05) is 15.9 Å². The maximum atomic E-state index is 11.9. The van der Waals surface area contributed by atoms with Crippen LogP contribution in [0.5, 0.6) is 0 Å². The number of benzene rings is 1. The van der Waals surface area contributed by atoms with Crippen LogP contribution in [0.1, 0.15) is 10.4 Å². The lowest BCUT2D eigenvalue weighted by atomic mass is 10.3. The first-order valence-corrected chi connectivity index (χ1v) is 6.74. The number of carbonyl (C=O) groups excluding carboxylic acids is 1. The summed E-state index contributed by atoms with van der Waals surface area (Å²) < 4.78 is 1.93. The van der Waals surface area contributed by atoms with E-state index in [1.807, 2.05) is 0 Å². The second kappa shape index (κ2) is 6.36. The van der Waals surface area contributed by atoms with Gasteiger partial charge in [0.25, 0.3) is 5.56 Å². The first-order valence-electron chi connectivity index (χ1n) is 5.95. The van der Waals surface area contributed by atoms with Crippen LogP contribution >= 0.6 is 15.9 Å². The van der Waals surface area contributed by atoms with E-state index in [-0.39, 0.29) is 12.1 Å². The van der Waals surface area contributed by atoms with Crippen LogP contribution < -0.4 is 10.9 Å². The highest BCUT2D eigenvalue weighted by molar-refractivity contribution is 9.10. The molecule has 0 fully saturated rings. The lowest BCUT2D eigenvalue weighted by Crippen LogP contribution is -2.27. The van der Waals surface area contributed by atoms with Gasteiger partial charge in [0.1, 0.15) is 6.54 Å². The summed E-state index contributed by atoms with van der Waals surface area (Å²) in [6, 6.07) is 9.28. The number of aromatic carboxylic acids is 1. The van der Waals surface area contributed by atoms with Crippen LogP contribution in [0.15, 0.2) is 51.9 Å². The van der Waals surface area contributed by atoms with Gasteiger partial charge in [-0.2, -0.15) is 0 Å². The summed E-state index contributed by atoms with van der Waals surface area (Å²) in [5.41, 5.74) is 0.0997. The summed E-state index contributed by atoms with van der Waals surface area (Å²) in [6.45, 7) is -0.254. The molecule has 0 saturated carbocycles. The van der Waals surface area contributed by atoms with E-state index in [4.69, 9.17) is 5.11 Å². The van der Waals surface area contributed by atoms with Gasteiger partial charge >= 0.3 is 5.97 Å². The molecule has 1 amide bonds. The number of amides is 1. The molecule has 0 atom stereocenters. The van der Waals surface area contributed by atoms with Gasteiger partial charge in [0.05, 0.1) is 5.56 Å². The first-order chi connectivity index (χ1) is 9.95. The molecular formula is C14H11BrN2O4. The Morgan fingerprint density at radius 1 is 1.14 bits per heavy atom. The predicted molar refractivity (Wildman–Crippen MR) is 80.4 cm³/mol. The van der Waals surface area contributed by atoms with Crippen molar-refractivity contribution in [2.75, 3.05) is 5.32 Å². The van der Waals surface area contributed by atoms with Crippen LogP contribution in [-0.4, -0.2) is 21.6 Å². The largest absolute Gasteiger partial charge is 0.478 e. The normalized spacial score (nSPS) is 10.1. The van der Waals surface area contributed by atoms with Crippen molar-refractivity contribution in [2.45, 2.75) is 6.54 Å². The summed E-state index contributed by atoms with van der Waals surface area (Å²) in [7, 11) is 0. The fourth-order valence-corrected chi connectivity index (χ4v) is 1.93. The molecule has 0 spiro atoms. The molecule has 0 radical (unpaired) electrons. The lowest BCUT2D eigenvalue weighted by molar-refractivity contribution is -0.116. The van der Waals surface area contributed by atoms with Gasteiger partial charge in [0.15, 0.2) is 0 Å². The number of halogens is 1. The SMILES string of the molecule is O=C(Cn1cc(C(=O)O)ccc1=O)Nc1ccc(Br)cc1. The predicted octanol–water partition coefficient (Wildman–Crippen LogP) is 1.95. The van der Waals surface area contributed by atoms with Gasteiger partial charge in [0, 0.05) is 22.4 Å². The van der Waals surface area contributed by atoms with E-state index >= 15 is 0 Å². The molecule has 0 bridgehead atoms. The zero-order valence-electron chi connectivity index (χ0n) is 10.7. The maximum absolute atomic E-state index is 11.9. The van der Waals surface area contributed by atoms with Crippen LogP contribution in [0.25, 0.3) is 0 Å². The van der Waals surface area contributed by atoms with E-state index < -0.39 is 17.4 Å². The Kier molecular flexibility index (Phi) is 4.54. The Labute approximate surface area is 128 Å². The van der Waals surface area contributed by atoms with Crippen LogP contribution in [0.4, 0.5) is 5.69 Å². The number of anilines is 1. The summed E-state index contributed by atoms with van der Waals surface area (Å²) in [4.78, 5) is 34.3. The third-order valence-corrected chi connectivity index (χ3v) is 3.20. The van der Waals surface area contributed by atoms with Crippen molar-refractivity contribution in [3.63, 3.8) is 0 Å². The van der Waals surface area contributed by atoms with Crippen LogP contribution in [0.2, 0.25) is 0 Å². The topological polar surface area (TPSA) is 88.4 Å². The number of hydrogen-bond acceptors (Lipinski definition) is 3. The molecule has 7 heteroatoms. The number of carboxylic acid groups (broad SMARTS) is 1. The first kappa shape index (κ1) is 15.0. The fourth-order valence-electron chi connectivity index (χ4n) is 1.67. The molecule has 108 valence electrons. The monoisotopic (exact) mass is 350 g/mol. The molecule has 1 heterocycles. The van der Waals surface area contributed by atoms with Crippen molar-refractivity contribution < 1.29 is 14.7 Å². The maximum Gasteiger partial charge on any atom is 0.337 e. The van der Waals surface area contributed by atoms with Crippen molar-refractivity contribution in [1.29, 1.82) is 0 Å². The number of pyridine rings is 1. The third kappa shape index (κ3) is 4.03. The van der Waals surface area contributed by atoms with Gasteiger partial charge < -0.3 is 15.0 Å². The Balaban J connectivity index is 2.12. The van der Waals surface area contributed by atoms with Crippen molar-refractivity contribution >= 4 is 33.5 Å². The Bertz CT molecular complexity index is 737. The minimum Gasteiger partial charge on any atom is -0.478 e. The molecule has 2 aromatic rings. The fraction of sp³-hybridized carbons (Fsp3) is 0.0714. The van der Waals surface area contributed by atoms with Gasteiger partial charge in [-0.05, 0) is 30.3 Å². The summed E-state index contributed by atoms with van der Waals surface area (Å²) in [6.07, 6.45) is 1.14. The number of rotatable bonds is 4. The quantitative estimate of drug-likeness (QED) is 0.881. The minimum atomic E-state index is -1.16. The van der Waals surface area contributed by atoms with Crippen LogP contribution in [-0.2, 0) is 11.3 Å². The zero-order valence-corrected chi connectivity index (χ0v) is 12.3. The Morgan fingerprint density at radius 3 is 2.43 bits per heavy atom. The third-order valence-electron chi connectivity index (χ3n) is 2.67. The number of carbonyl (C=O) groups is 2. The molecule has 1 aromatic carbocycles. The zero-order chi connectivity index (χ0) is 15.4.